The van der Waals surface area contributed by atoms with Crippen LogP contribution in [0, 0.1) is 11.8 Å². The zero-order chi connectivity index (χ0) is 32.6. The smallest absolute Gasteiger partial charge is 0.135 e. The first-order chi connectivity index (χ1) is 22.8. The zero-order valence-corrected chi connectivity index (χ0v) is 31.4. The van der Waals surface area contributed by atoms with Crippen molar-refractivity contribution in [3.63, 3.8) is 0 Å². The summed E-state index contributed by atoms with van der Waals surface area (Å²) in [7, 11) is 0. The van der Waals surface area contributed by atoms with Gasteiger partial charge >= 0.3 is 0 Å². The maximum atomic E-state index is 5.02. The van der Waals surface area contributed by atoms with Gasteiger partial charge in [-0.05, 0) is 49.4 Å². The molecule has 264 valence electrons. The molecule has 0 radical (unpaired) electrons. The molecule has 2 nitrogen and oxygen atoms in total. The number of unbranched alkanes of at least 4 members (excludes halogenated alkanes) is 23. The Labute approximate surface area is 301 Å². The molecule has 0 aliphatic rings. The second-order valence-corrected chi connectivity index (χ2v) is 13.3. The molecule has 2 rings (SSSR count). The van der Waals surface area contributed by atoms with Crippen molar-refractivity contribution in [2.75, 3.05) is 0 Å². The van der Waals surface area contributed by atoms with Crippen LogP contribution in [0.2, 0.25) is 0 Å². The Bertz CT molecular complexity index is 1080. The van der Waals surface area contributed by atoms with Crippen LogP contribution in [0.15, 0.2) is 70.6 Å². The van der Waals surface area contributed by atoms with Crippen molar-refractivity contribution in [1.82, 2.24) is 0 Å². The maximum absolute atomic E-state index is 5.02. The van der Waals surface area contributed by atoms with E-state index in [2.05, 4.69) is 37.8 Å². The number of nitrogens with zero attached hydrogens (tertiary/aromatic N) is 2. The van der Waals surface area contributed by atoms with E-state index in [1.807, 2.05) is 48.5 Å². The molecular weight excluding hydrogens is 615 g/mol. The summed E-state index contributed by atoms with van der Waals surface area (Å²) in [5.74, 6) is 6.91. The van der Waals surface area contributed by atoms with Crippen LogP contribution in [0.5, 0.6) is 0 Å². The Morgan fingerprint density at radius 2 is 0.809 bits per heavy atom. The fraction of sp³-hybridized carbons (Fsp3) is 0.636. The summed E-state index contributed by atoms with van der Waals surface area (Å²) in [6, 6.07) is 20.5. The van der Waals surface area contributed by atoms with Crippen molar-refractivity contribution in [2.24, 2.45) is 9.98 Å². The minimum atomic E-state index is 0. The van der Waals surface area contributed by atoms with Gasteiger partial charge in [-0.25, -0.2) is 4.99 Å². The van der Waals surface area contributed by atoms with E-state index >= 15 is 0 Å². The molecule has 0 saturated heterocycles. The average Bonchev–Trinajstić information content (AvgIpc) is 3.08. The molecule has 2 aromatic rings. The quantitative estimate of drug-likeness (QED) is 0.0369. The van der Waals surface area contributed by atoms with Gasteiger partial charge < -0.3 is 0 Å². The van der Waals surface area contributed by atoms with E-state index < -0.39 is 0 Å². The normalized spacial score (nSPS) is 11.6. The van der Waals surface area contributed by atoms with Crippen LogP contribution >= 0.6 is 0 Å². The first-order valence-corrected chi connectivity index (χ1v) is 19.6. The molecule has 0 atom stereocenters. The summed E-state index contributed by atoms with van der Waals surface area (Å²) >= 11 is 0. The van der Waals surface area contributed by atoms with Gasteiger partial charge in [-0.15, -0.1) is 0 Å². The molecule has 0 spiro atoms. The van der Waals surface area contributed by atoms with Gasteiger partial charge in [0.05, 0.1) is 17.1 Å². The molecule has 0 aromatic heterocycles. The summed E-state index contributed by atoms with van der Waals surface area (Å²) in [6.07, 6.45) is 35.0. The minimum Gasteiger partial charge on any atom is -0.251 e. The standard InChI is InChI=1S/C44H68N2.Ni/c1-3-5-7-8-9-10-11-12-13-14-15-16-17-18-19-20-21-22-23-24-25-26-34-40-44(46-42-37-32-28-33-38-42)43(39-29-6-4-2)45-41-35-30-27-31-36-41;/h27-28,30-33,35-38H,3-26,29,39H2,1-2H3;/b45-43+,46-44+;. The van der Waals surface area contributed by atoms with Gasteiger partial charge in [-0.1, -0.05) is 197 Å². The Morgan fingerprint density at radius 1 is 0.447 bits per heavy atom. The van der Waals surface area contributed by atoms with Crippen molar-refractivity contribution < 1.29 is 16.5 Å². The van der Waals surface area contributed by atoms with Crippen LogP contribution in [0.25, 0.3) is 0 Å². The fourth-order valence-electron chi connectivity index (χ4n) is 6.02. The third-order valence-electron chi connectivity index (χ3n) is 8.92. The van der Waals surface area contributed by atoms with E-state index in [1.165, 1.54) is 148 Å². The molecule has 0 amide bonds. The van der Waals surface area contributed by atoms with Crippen LogP contribution in [0.1, 0.15) is 181 Å². The third kappa shape index (κ3) is 24.6. The zero-order valence-electron chi connectivity index (χ0n) is 30.4. The molecule has 0 aliphatic carbocycles. The number of para-hydroxylation sites is 2. The molecule has 0 saturated carbocycles. The Hall–Kier alpha value is -2.17. The molecule has 0 aliphatic heterocycles. The van der Waals surface area contributed by atoms with Crippen LogP contribution in [0.3, 0.4) is 0 Å². The largest absolute Gasteiger partial charge is 0.251 e. The summed E-state index contributed by atoms with van der Waals surface area (Å²) in [6.45, 7) is 4.54. The second-order valence-electron chi connectivity index (χ2n) is 13.3. The van der Waals surface area contributed by atoms with Crippen molar-refractivity contribution in [1.29, 1.82) is 0 Å². The monoisotopic (exact) mass is 682 g/mol. The van der Waals surface area contributed by atoms with Crippen molar-refractivity contribution in [3.05, 3.63) is 60.7 Å². The summed E-state index contributed by atoms with van der Waals surface area (Å²) in [4.78, 5) is 9.99. The van der Waals surface area contributed by atoms with Crippen molar-refractivity contribution in [3.8, 4) is 11.8 Å². The molecule has 3 heteroatoms. The second kappa shape index (κ2) is 32.4. The van der Waals surface area contributed by atoms with E-state index in [9.17, 15) is 0 Å². The van der Waals surface area contributed by atoms with Gasteiger partial charge in [0.2, 0.25) is 0 Å². The molecule has 0 bridgehead atoms. The van der Waals surface area contributed by atoms with Crippen LogP contribution in [-0.2, 0) is 16.5 Å². The van der Waals surface area contributed by atoms with Gasteiger partial charge in [-0.2, -0.15) is 0 Å². The van der Waals surface area contributed by atoms with Gasteiger partial charge in [0, 0.05) is 22.9 Å². The van der Waals surface area contributed by atoms with E-state index in [4.69, 9.17) is 9.98 Å². The first kappa shape index (κ1) is 42.9. The Balaban J connectivity index is 0.0000110. The number of rotatable bonds is 28. The number of aliphatic imine (C=N–C) groups is 2. The molecule has 47 heavy (non-hydrogen) atoms. The summed E-state index contributed by atoms with van der Waals surface area (Å²) < 4.78 is 0. The van der Waals surface area contributed by atoms with Crippen LogP contribution in [-0.4, -0.2) is 11.4 Å². The summed E-state index contributed by atoms with van der Waals surface area (Å²) in [5, 5.41) is 0. The van der Waals surface area contributed by atoms with E-state index in [0.717, 1.165) is 42.1 Å². The SMILES string of the molecule is CCCCCCCCCCCCCCCCCCCCCCCC#CC(=N\c1ccccc1)/C(CCCCC)=N/c1ccccc1.[Ni]. The third-order valence-corrected chi connectivity index (χ3v) is 8.92. The van der Waals surface area contributed by atoms with Gasteiger partial charge in [0.1, 0.15) is 5.71 Å². The van der Waals surface area contributed by atoms with Crippen molar-refractivity contribution in [2.45, 2.75) is 181 Å². The van der Waals surface area contributed by atoms with Gasteiger partial charge in [0.25, 0.3) is 0 Å². The van der Waals surface area contributed by atoms with E-state index in [0.29, 0.717) is 0 Å². The number of benzene rings is 2. The topological polar surface area (TPSA) is 24.7 Å². The predicted octanol–water partition coefficient (Wildman–Crippen LogP) is 14.7. The Morgan fingerprint density at radius 3 is 1.23 bits per heavy atom. The molecule has 0 fully saturated rings. The van der Waals surface area contributed by atoms with E-state index in [1.54, 1.807) is 0 Å². The number of hydrogen-bond acceptors (Lipinski definition) is 2. The molecule has 0 heterocycles. The Kier molecular flexibility index (Phi) is 29.5. The first-order valence-electron chi connectivity index (χ1n) is 19.6. The predicted molar refractivity (Wildman–Crippen MR) is 206 cm³/mol. The van der Waals surface area contributed by atoms with Gasteiger partial charge in [0.15, 0.2) is 0 Å². The van der Waals surface area contributed by atoms with E-state index in [-0.39, 0.29) is 16.5 Å². The molecule has 0 N–H and O–H groups in total. The van der Waals surface area contributed by atoms with Crippen LogP contribution in [0.4, 0.5) is 11.4 Å². The van der Waals surface area contributed by atoms with Crippen molar-refractivity contribution >= 4 is 22.8 Å². The molecule has 0 unspecified atom stereocenters. The summed E-state index contributed by atoms with van der Waals surface area (Å²) in [5.41, 5.74) is 3.75. The minimum absolute atomic E-state index is 0. The molecular formula is C44H68N2Ni. The molecule has 2 aromatic carbocycles. The van der Waals surface area contributed by atoms with Gasteiger partial charge in [-0.3, -0.25) is 4.99 Å². The van der Waals surface area contributed by atoms with Crippen LogP contribution < -0.4 is 0 Å². The number of hydrogen-bond donors (Lipinski definition) is 0. The average molecular weight is 684 g/mol. The fourth-order valence-corrected chi connectivity index (χ4v) is 6.02. The maximum Gasteiger partial charge on any atom is 0.135 e.